The van der Waals surface area contributed by atoms with E-state index in [1.165, 1.54) is 11.1 Å². The number of nitrogens with zero attached hydrogens (tertiary/aromatic N) is 2. The van der Waals surface area contributed by atoms with Crippen LogP contribution in [0.15, 0.2) is 85.1 Å². The van der Waals surface area contributed by atoms with Crippen LogP contribution in [0, 0.1) is 0 Å². The monoisotopic (exact) mass is 606 g/mol. The average Bonchev–Trinajstić information content (AvgIpc) is 2.97. The maximum Gasteiger partial charge on any atom is 0.160 e. The lowest BCUT2D eigenvalue weighted by molar-refractivity contribution is -0.0163. The van der Waals surface area contributed by atoms with Crippen LogP contribution in [-0.4, -0.2) is 37.0 Å². The number of fused-ring (bicyclic) bond motifs is 1. The van der Waals surface area contributed by atoms with Gasteiger partial charge in [0.15, 0.2) is 9.84 Å². The Labute approximate surface area is 252 Å². The number of benzene rings is 3. The molecule has 0 radical (unpaired) electrons. The van der Waals surface area contributed by atoms with Gasteiger partial charge in [-0.15, -0.1) is 0 Å². The Morgan fingerprint density at radius 2 is 1.56 bits per heavy atom. The van der Waals surface area contributed by atoms with Crippen molar-refractivity contribution >= 4 is 33.0 Å². The van der Waals surface area contributed by atoms with E-state index >= 15 is 0 Å². The summed E-state index contributed by atoms with van der Waals surface area (Å²) in [4.78, 5) is 6.61. The summed E-state index contributed by atoms with van der Waals surface area (Å²) in [7, 11) is -3.31. The van der Waals surface area contributed by atoms with Crippen molar-refractivity contribution < 1.29 is 13.2 Å². The van der Waals surface area contributed by atoms with Crippen LogP contribution in [0.3, 0.4) is 0 Å². The first-order chi connectivity index (χ1) is 19.8. The first-order valence-corrected chi connectivity index (χ1v) is 16.5. The summed E-state index contributed by atoms with van der Waals surface area (Å²) in [6, 6.07) is 25.4. The van der Waals surface area contributed by atoms with E-state index in [4.69, 9.17) is 27.9 Å². The zero-order chi connectivity index (χ0) is 28.5. The molecule has 2 aliphatic rings. The minimum atomic E-state index is -3.31. The summed E-state index contributed by atoms with van der Waals surface area (Å²) >= 11 is 12.3. The molecule has 8 heteroatoms. The van der Waals surface area contributed by atoms with Crippen molar-refractivity contribution in [2.75, 3.05) is 13.1 Å². The fourth-order valence-electron chi connectivity index (χ4n) is 5.87. The van der Waals surface area contributed by atoms with Crippen molar-refractivity contribution in [2.45, 2.75) is 49.3 Å². The molecule has 6 rings (SSSR count). The van der Waals surface area contributed by atoms with Crippen LogP contribution in [-0.2, 0) is 34.3 Å². The molecule has 2 aliphatic heterocycles. The number of sulfone groups is 1. The van der Waals surface area contributed by atoms with E-state index in [9.17, 15) is 8.42 Å². The molecule has 4 aromatic rings. The molecule has 41 heavy (non-hydrogen) atoms. The van der Waals surface area contributed by atoms with Gasteiger partial charge >= 0.3 is 0 Å². The molecule has 1 aromatic heterocycles. The molecule has 212 valence electrons. The van der Waals surface area contributed by atoms with Gasteiger partial charge in [0, 0.05) is 25.8 Å². The number of hydrogen-bond donors (Lipinski definition) is 0. The van der Waals surface area contributed by atoms with Crippen molar-refractivity contribution in [3.8, 4) is 16.9 Å². The largest absolute Gasteiger partial charge is 0.487 e. The highest BCUT2D eigenvalue weighted by atomic mass is 35.5. The number of likely N-dealkylation sites (tertiary alicyclic amines) is 1. The molecule has 5 nitrogen and oxygen atoms in total. The molecule has 0 atom stereocenters. The number of rotatable bonds is 7. The molecule has 0 amide bonds. The zero-order valence-corrected chi connectivity index (χ0v) is 25.1. The van der Waals surface area contributed by atoms with Crippen LogP contribution in [0.1, 0.15) is 41.6 Å². The second-order valence-electron chi connectivity index (χ2n) is 11.2. The molecular weight excluding hydrogens is 575 g/mol. The Kier molecular flexibility index (Phi) is 8.10. The first kappa shape index (κ1) is 28.2. The third kappa shape index (κ3) is 6.78. The molecular formula is C33H32Cl2N2O3S. The predicted octanol–water partition coefficient (Wildman–Crippen LogP) is 7.53. The third-order valence-electron chi connectivity index (χ3n) is 8.16. The lowest BCUT2D eigenvalue weighted by Gasteiger charge is -2.44. The number of ether oxygens (including phenoxy) is 1. The first-order valence-electron chi connectivity index (χ1n) is 13.9. The van der Waals surface area contributed by atoms with Crippen molar-refractivity contribution in [3.05, 3.63) is 117 Å². The lowest BCUT2D eigenvalue weighted by atomic mass is 9.82. The van der Waals surface area contributed by atoms with E-state index in [0.29, 0.717) is 15.7 Å². The molecule has 3 aromatic carbocycles. The third-order valence-corrected chi connectivity index (χ3v) is 10.4. The van der Waals surface area contributed by atoms with Gasteiger partial charge in [-0.2, -0.15) is 0 Å². The van der Waals surface area contributed by atoms with E-state index < -0.39 is 9.84 Å². The number of piperidine rings is 1. The summed E-state index contributed by atoms with van der Waals surface area (Å²) in [6.07, 6.45) is 5.62. The fraction of sp³-hybridized carbons (Fsp3) is 0.303. The standard InChI is InChI=1S/C33H32Cl2N2O3S/c34-30-10-6-25(19-31(30)35)21-37-17-14-33(15-18-37)13-12-28-20-27(9-11-32(28)40-33)26-7-4-24(5-8-26)22-41(38,39)23-29-3-1-2-16-36-29/h1-11,16,19-20H,12-15,17-18,21-23H2. The molecule has 1 saturated heterocycles. The van der Waals surface area contributed by atoms with Crippen LogP contribution in [0.2, 0.25) is 10.0 Å². The zero-order valence-electron chi connectivity index (χ0n) is 22.7. The van der Waals surface area contributed by atoms with Gasteiger partial charge in [0.25, 0.3) is 0 Å². The summed E-state index contributed by atoms with van der Waals surface area (Å²) in [5, 5.41) is 1.19. The van der Waals surface area contributed by atoms with E-state index in [2.05, 4.69) is 28.1 Å². The van der Waals surface area contributed by atoms with Crippen molar-refractivity contribution in [3.63, 3.8) is 0 Å². The van der Waals surface area contributed by atoms with Gasteiger partial charge in [-0.05, 0) is 89.9 Å². The van der Waals surface area contributed by atoms with Crippen LogP contribution >= 0.6 is 23.2 Å². The fourth-order valence-corrected chi connectivity index (χ4v) is 7.62. The van der Waals surface area contributed by atoms with Gasteiger partial charge in [0.1, 0.15) is 11.4 Å². The minimum Gasteiger partial charge on any atom is -0.487 e. The summed E-state index contributed by atoms with van der Waals surface area (Å²) < 4.78 is 32.0. The van der Waals surface area contributed by atoms with E-state index in [1.54, 1.807) is 24.4 Å². The van der Waals surface area contributed by atoms with Gasteiger partial charge in [-0.3, -0.25) is 9.88 Å². The molecule has 1 spiro atoms. The normalized spacial score (nSPS) is 16.7. The van der Waals surface area contributed by atoms with Crippen LogP contribution in [0.25, 0.3) is 11.1 Å². The Hall–Kier alpha value is -2.90. The molecule has 0 unspecified atom stereocenters. The molecule has 0 saturated carbocycles. The van der Waals surface area contributed by atoms with Gasteiger partial charge in [-0.25, -0.2) is 8.42 Å². The Bertz CT molecular complexity index is 1640. The van der Waals surface area contributed by atoms with Gasteiger partial charge in [0.05, 0.1) is 27.2 Å². The quantitative estimate of drug-likeness (QED) is 0.217. The smallest absolute Gasteiger partial charge is 0.160 e. The minimum absolute atomic E-state index is 0.00512. The number of aromatic nitrogens is 1. The van der Waals surface area contributed by atoms with Gasteiger partial charge < -0.3 is 4.74 Å². The second kappa shape index (κ2) is 11.8. The van der Waals surface area contributed by atoms with Crippen molar-refractivity contribution in [1.82, 2.24) is 9.88 Å². The SMILES string of the molecule is O=S(=O)(Cc1ccc(-c2ccc3c(c2)CCC2(CCN(Cc4ccc(Cl)c(Cl)c4)CC2)O3)cc1)Cc1ccccn1. The Morgan fingerprint density at radius 1 is 0.805 bits per heavy atom. The van der Waals surface area contributed by atoms with Crippen LogP contribution in [0.4, 0.5) is 0 Å². The van der Waals surface area contributed by atoms with Crippen molar-refractivity contribution in [1.29, 1.82) is 0 Å². The Balaban J connectivity index is 1.07. The summed E-state index contributed by atoms with van der Waals surface area (Å²) in [6.45, 7) is 2.83. The number of hydrogen-bond acceptors (Lipinski definition) is 5. The van der Waals surface area contributed by atoms with Crippen LogP contribution < -0.4 is 4.74 Å². The molecule has 3 heterocycles. The van der Waals surface area contributed by atoms with E-state index in [1.807, 2.05) is 42.5 Å². The number of aryl methyl sites for hydroxylation is 1. The van der Waals surface area contributed by atoms with E-state index in [0.717, 1.165) is 67.8 Å². The highest BCUT2D eigenvalue weighted by molar-refractivity contribution is 7.89. The topological polar surface area (TPSA) is 59.5 Å². The molecule has 1 fully saturated rings. The maximum absolute atomic E-state index is 12.7. The van der Waals surface area contributed by atoms with Gasteiger partial charge in [-0.1, -0.05) is 65.7 Å². The summed E-state index contributed by atoms with van der Waals surface area (Å²) in [5.41, 5.74) is 5.82. The van der Waals surface area contributed by atoms with Crippen molar-refractivity contribution in [2.24, 2.45) is 0 Å². The molecule has 0 bridgehead atoms. The molecule has 0 aliphatic carbocycles. The molecule has 0 N–H and O–H groups in total. The number of pyridine rings is 1. The van der Waals surface area contributed by atoms with E-state index in [-0.39, 0.29) is 17.1 Å². The van der Waals surface area contributed by atoms with Gasteiger partial charge in [0.2, 0.25) is 0 Å². The highest BCUT2D eigenvalue weighted by Gasteiger charge is 2.39. The Morgan fingerprint density at radius 3 is 2.29 bits per heavy atom. The second-order valence-corrected chi connectivity index (χ2v) is 14.1. The number of halogens is 2. The summed E-state index contributed by atoms with van der Waals surface area (Å²) in [5.74, 6) is 0.918. The van der Waals surface area contributed by atoms with Crippen LogP contribution in [0.5, 0.6) is 5.75 Å². The average molecular weight is 608 g/mol. The maximum atomic E-state index is 12.7. The lowest BCUT2D eigenvalue weighted by Crippen LogP contribution is -2.49. The predicted molar refractivity (Wildman–Crippen MR) is 165 cm³/mol. The highest BCUT2D eigenvalue weighted by Crippen LogP contribution is 2.41.